The Balaban J connectivity index is 0.000000481. The lowest BCUT2D eigenvalue weighted by Gasteiger charge is -2.32. The first-order valence-electron chi connectivity index (χ1n) is 10.4. The molecule has 34 heavy (non-hydrogen) atoms. The number of halogens is 3. The molecule has 2 N–H and O–H groups in total. The van der Waals surface area contributed by atoms with Crippen LogP contribution < -0.4 is 0 Å². The molecule has 0 saturated carbocycles. The molecule has 1 aliphatic rings. The molecule has 0 radical (unpaired) electrons. The van der Waals surface area contributed by atoms with Crippen molar-refractivity contribution in [2.75, 3.05) is 13.1 Å². The standard InChI is InChI=1S/C21H20F3N3O.C2H2O4/c22-21(23,24)17-6-2-1-5-16(17)20(28)26-11-9-15(10-12-26)13-27-14-25-18-7-3-4-8-19(18)27;3-1(4)2(5)6/h1-8,14-15H,9-13H2;(H,3,4)(H,5,6). The maximum atomic E-state index is 13.2. The number of carbonyl (C=O) groups excluding carboxylic acids is 1. The fourth-order valence-electron chi connectivity index (χ4n) is 3.84. The van der Waals surface area contributed by atoms with Crippen LogP contribution in [0.1, 0.15) is 28.8 Å². The van der Waals surface area contributed by atoms with Crippen molar-refractivity contribution in [3.05, 3.63) is 66.0 Å². The van der Waals surface area contributed by atoms with Crippen LogP contribution in [0, 0.1) is 5.92 Å². The lowest BCUT2D eigenvalue weighted by molar-refractivity contribution is -0.159. The monoisotopic (exact) mass is 477 g/mol. The van der Waals surface area contributed by atoms with Gasteiger partial charge in [-0.3, -0.25) is 4.79 Å². The van der Waals surface area contributed by atoms with Gasteiger partial charge in [-0.15, -0.1) is 0 Å². The molecule has 0 aliphatic carbocycles. The normalized spacial score (nSPS) is 14.4. The van der Waals surface area contributed by atoms with E-state index in [0.29, 0.717) is 19.0 Å². The Hall–Kier alpha value is -3.89. The van der Waals surface area contributed by atoms with Gasteiger partial charge in [-0.05, 0) is 43.0 Å². The van der Waals surface area contributed by atoms with Crippen LogP contribution in [0.4, 0.5) is 13.2 Å². The summed E-state index contributed by atoms with van der Waals surface area (Å²) in [4.78, 5) is 36.8. The van der Waals surface area contributed by atoms with E-state index in [-0.39, 0.29) is 5.56 Å². The van der Waals surface area contributed by atoms with E-state index in [1.807, 2.05) is 30.6 Å². The number of hydrogen-bond donors (Lipinski definition) is 2. The summed E-state index contributed by atoms with van der Waals surface area (Å²) in [6.45, 7) is 1.71. The third kappa shape index (κ3) is 5.91. The minimum absolute atomic E-state index is 0.269. The lowest BCUT2D eigenvalue weighted by Crippen LogP contribution is -2.40. The van der Waals surface area contributed by atoms with Gasteiger partial charge in [-0.25, -0.2) is 14.6 Å². The number of likely N-dealkylation sites (tertiary alicyclic amines) is 1. The number of piperidine rings is 1. The molecule has 0 unspecified atom stereocenters. The van der Waals surface area contributed by atoms with Gasteiger partial charge >= 0.3 is 18.1 Å². The van der Waals surface area contributed by atoms with Gasteiger partial charge in [0.15, 0.2) is 0 Å². The summed E-state index contributed by atoms with van der Waals surface area (Å²) in [5.74, 6) is -3.83. The van der Waals surface area contributed by atoms with Crippen LogP contribution in [0.3, 0.4) is 0 Å². The minimum atomic E-state index is -4.53. The zero-order valence-electron chi connectivity index (χ0n) is 17.9. The Kier molecular flexibility index (Phi) is 7.54. The van der Waals surface area contributed by atoms with Gasteiger partial charge < -0.3 is 19.7 Å². The number of benzene rings is 2. The Bertz CT molecular complexity index is 1170. The fourth-order valence-corrected chi connectivity index (χ4v) is 3.84. The molecule has 0 spiro atoms. The van der Waals surface area contributed by atoms with Crippen LogP contribution >= 0.6 is 0 Å². The second kappa shape index (κ2) is 10.4. The van der Waals surface area contributed by atoms with Crippen LogP contribution in [0.5, 0.6) is 0 Å². The maximum absolute atomic E-state index is 13.2. The summed E-state index contributed by atoms with van der Waals surface area (Å²) in [6, 6.07) is 12.9. The zero-order chi connectivity index (χ0) is 24.9. The number of para-hydroxylation sites is 2. The van der Waals surface area contributed by atoms with Crippen molar-refractivity contribution in [3.63, 3.8) is 0 Å². The van der Waals surface area contributed by atoms with Crippen molar-refractivity contribution in [1.29, 1.82) is 0 Å². The number of fused-ring (bicyclic) bond motifs is 1. The number of carboxylic acids is 2. The molecule has 1 saturated heterocycles. The Labute approximate surface area is 192 Å². The molecule has 4 rings (SSSR count). The zero-order valence-corrected chi connectivity index (χ0v) is 17.9. The number of hydrogen-bond acceptors (Lipinski definition) is 4. The minimum Gasteiger partial charge on any atom is -0.473 e. The van der Waals surface area contributed by atoms with Crippen molar-refractivity contribution in [2.45, 2.75) is 25.6 Å². The van der Waals surface area contributed by atoms with Crippen LogP contribution in [-0.4, -0.2) is 55.6 Å². The summed E-state index contributed by atoms with van der Waals surface area (Å²) in [6.07, 6.45) is -1.20. The molecule has 1 amide bonds. The SMILES string of the molecule is O=C(O)C(=O)O.O=C(c1ccccc1C(F)(F)F)N1CCC(Cn2cnc3ccccc32)CC1. The van der Waals surface area contributed by atoms with Gasteiger partial charge in [0.05, 0.1) is 28.5 Å². The molecule has 0 bridgehead atoms. The van der Waals surface area contributed by atoms with Crippen LogP contribution in [0.15, 0.2) is 54.9 Å². The first-order chi connectivity index (χ1) is 16.1. The van der Waals surface area contributed by atoms with E-state index < -0.39 is 29.6 Å². The van der Waals surface area contributed by atoms with Crippen LogP contribution in [-0.2, 0) is 22.3 Å². The Morgan fingerprint density at radius 2 is 1.53 bits per heavy atom. The highest BCUT2D eigenvalue weighted by molar-refractivity contribution is 6.27. The van der Waals surface area contributed by atoms with Crippen molar-refractivity contribution in [3.8, 4) is 0 Å². The molecular weight excluding hydrogens is 455 g/mol. The van der Waals surface area contributed by atoms with Crippen molar-refractivity contribution in [2.24, 2.45) is 5.92 Å². The predicted molar refractivity (Wildman–Crippen MR) is 115 cm³/mol. The van der Waals surface area contributed by atoms with Crippen molar-refractivity contribution < 1.29 is 37.8 Å². The number of rotatable bonds is 3. The molecule has 3 aromatic rings. The first-order valence-corrected chi connectivity index (χ1v) is 10.4. The van der Waals surface area contributed by atoms with Gasteiger partial charge in [0, 0.05) is 19.6 Å². The number of alkyl halides is 3. The van der Waals surface area contributed by atoms with Gasteiger partial charge in [-0.2, -0.15) is 13.2 Å². The van der Waals surface area contributed by atoms with Gasteiger partial charge in [0.25, 0.3) is 5.91 Å². The fraction of sp³-hybridized carbons (Fsp3) is 0.304. The molecule has 0 atom stereocenters. The highest BCUT2D eigenvalue weighted by Crippen LogP contribution is 2.33. The highest BCUT2D eigenvalue weighted by atomic mass is 19.4. The number of aliphatic carboxylic acids is 2. The number of imidazole rings is 1. The van der Waals surface area contributed by atoms with Crippen LogP contribution in [0.25, 0.3) is 11.0 Å². The molecule has 180 valence electrons. The molecule has 1 aliphatic heterocycles. The molecule has 2 aromatic carbocycles. The Morgan fingerprint density at radius 3 is 2.15 bits per heavy atom. The molecular formula is C23H22F3N3O5. The predicted octanol–water partition coefficient (Wildman–Crippen LogP) is 3.76. The number of nitrogens with zero attached hydrogens (tertiary/aromatic N) is 3. The third-order valence-corrected chi connectivity index (χ3v) is 5.53. The quantitative estimate of drug-likeness (QED) is 0.556. The number of carbonyl (C=O) groups is 3. The molecule has 2 heterocycles. The number of carboxylic acid groups (broad SMARTS) is 2. The van der Waals surface area contributed by atoms with E-state index in [4.69, 9.17) is 19.8 Å². The maximum Gasteiger partial charge on any atom is 0.417 e. The number of aromatic nitrogens is 2. The van der Waals surface area contributed by atoms with E-state index in [0.717, 1.165) is 36.5 Å². The smallest absolute Gasteiger partial charge is 0.417 e. The summed E-state index contributed by atoms with van der Waals surface area (Å²) in [5, 5.41) is 14.8. The highest BCUT2D eigenvalue weighted by Gasteiger charge is 2.36. The van der Waals surface area contributed by atoms with E-state index in [1.165, 1.54) is 23.1 Å². The average Bonchev–Trinajstić information content (AvgIpc) is 3.22. The Morgan fingerprint density at radius 1 is 0.941 bits per heavy atom. The largest absolute Gasteiger partial charge is 0.473 e. The average molecular weight is 477 g/mol. The van der Waals surface area contributed by atoms with E-state index >= 15 is 0 Å². The summed E-state index contributed by atoms with van der Waals surface area (Å²) in [7, 11) is 0. The first kappa shape index (κ1) is 24.7. The second-order valence-electron chi connectivity index (χ2n) is 7.77. The number of amides is 1. The van der Waals surface area contributed by atoms with Gasteiger partial charge in [-0.1, -0.05) is 24.3 Å². The molecule has 11 heteroatoms. The second-order valence-corrected chi connectivity index (χ2v) is 7.77. The van der Waals surface area contributed by atoms with Gasteiger partial charge in [0.2, 0.25) is 0 Å². The van der Waals surface area contributed by atoms with E-state index in [2.05, 4.69) is 9.55 Å². The molecule has 1 aromatic heterocycles. The topological polar surface area (TPSA) is 113 Å². The summed E-state index contributed by atoms with van der Waals surface area (Å²) in [5.41, 5.74) is 0.875. The van der Waals surface area contributed by atoms with E-state index in [9.17, 15) is 18.0 Å². The van der Waals surface area contributed by atoms with Crippen molar-refractivity contribution in [1.82, 2.24) is 14.5 Å². The summed E-state index contributed by atoms with van der Waals surface area (Å²) < 4.78 is 41.7. The van der Waals surface area contributed by atoms with Crippen molar-refractivity contribution >= 4 is 28.9 Å². The molecule has 1 fully saturated rings. The molecule has 8 nitrogen and oxygen atoms in total. The summed E-state index contributed by atoms with van der Waals surface area (Å²) >= 11 is 0. The lowest BCUT2D eigenvalue weighted by atomic mass is 9.95. The van der Waals surface area contributed by atoms with Crippen LogP contribution in [0.2, 0.25) is 0 Å². The third-order valence-electron chi connectivity index (χ3n) is 5.53. The van der Waals surface area contributed by atoms with E-state index in [1.54, 1.807) is 0 Å². The van der Waals surface area contributed by atoms with Gasteiger partial charge in [0.1, 0.15) is 0 Å².